The Morgan fingerprint density at radius 2 is 1.60 bits per heavy atom. The molecule has 0 spiro atoms. The van der Waals surface area contributed by atoms with Crippen LogP contribution in [-0.2, 0) is 0 Å². The van der Waals surface area contributed by atoms with Crippen molar-refractivity contribution in [2.24, 2.45) is 0 Å². The zero-order valence-electron chi connectivity index (χ0n) is 6.22. The molecule has 0 aromatic heterocycles. The lowest BCUT2D eigenvalue weighted by Gasteiger charge is -1.93. The Hall–Kier alpha value is -0.0800. The molecule has 1 rings (SSSR count). The quantitative estimate of drug-likeness (QED) is 0.587. The second-order valence-corrected chi connectivity index (χ2v) is 2.90. The average Bonchev–Trinajstić information content (AvgIpc) is 1.90. The van der Waals surface area contributed by atoms with Crippen LogP contribution in [0.1, 0.15) is 5.56 Å². The zero-order valence-corrected chi connectivity index (χ0v) is 8.03. The van der Waals surface area contributed by atoms with Crippen LogP contribution in [0, 0.1) is 6.92 Å². The first-order valence-electron chi connectivity index (χ1n) is 2.93. The lowest BCUT2D eigenvalue weighted by atomic mass is 10.2. The average molecular weight is 172 g/mol. The molecule has 0 radical (unpaired) electrons. The second kappa shape index (κ2) is 4.69. The first-order chi connectivity index (χ1) is 4.33. The van der Waals surface area contributed by atoms with Crippen LogP contribution in [-0.4, -0.2) is 6.26 Å². The van der Waals surface area contributed by atoms with Crippen molar-refractivity contribution in [2.45, 2.75) is 11.8 Å². The lowest BCUT2D eigenvalue weighted by molar-refractivity contribution is 1.38. The van der Waals surface area contributed by atoms with E-state index in [9.17, 15) is 0 Å². The van der Waals surface area contributed by atoms with Crippen LogP contribution in [0.25, 0.3) is 0 Å². The maximum absolute atomic E-state index is 2.14. The summed E-state index contributed by atoms with van der Waals surface area (Å²) in [6.45, 7) is 2.10. The number of hydrogen-bond donors (Lipinski definition) is 0. The highest BCUT2D eigenvalue weighted by Crippen LogP contribution is 2.13. The molecule has 1 aromatic rings. The van der Waals surface area contributed by atoms with Crippen molar-refractivity contribution < 1.29 is 0 Å². The van der Waals surface area contributed by atoms with E-state index in [1.54, 1.807) is 11.8 Å². The van der Waals surface area contributed by atoms with E-state index in [4.69, 9.17) is 0 Å². The molecule has 0 nitrogen and oxygen atoms in total. The Morgan fingerprint density at radius 1 is 1.10 bits per heavy atom. The van der Waals surface area contributed by atoms with Crippen molar-refractivity contribution in [3.8, 4) is 0 Å². The van der Waals surface area contributed by atoms with E-state index in [0.29, 0.717) is 0 Å². The molecule has 0 aliphatic carbocycles. The fourth-order valence-electron chi connectivity index (χ4n) is 0.674. The van der Waals surface area contributed by atoms with Gasteiger partial charge >= 0.3 is 0 Å². The van der Waals surface area contributed by atoms with Gasteiger partial charge in [-0.3, -0.25) is 0 Å². The minimum Gasteiger partial charge on any atom is -0.197 e. The number of aryl methyl sites for hydroxylation is 1. The topological polar surface area (TPSA) is 0 Å². The monoisotopic (exact) mass is 172 g/mol. The maximum atomic E-state index is 2.14. The third kappa shape index (κ3) is 2.67. The summed E-state index contributed by atoms with van der Waals surface area (Å²) in [5.41, 5.74) is 1.33. The first kappa shape index (κ1) is 9.92. The summed E-state index contributed by atoms with van der Waals surface area (Å²) in [7, 11) is 0. The normalized spacial score (nSPS) is 8.60. The molecule has 0 bridgehead atoms. The summed E-state index contributed by atoms with van der Waals surface area (Å²) in [4.78, 5) is 1.33. The third-order valence-corrected chi connectivity index (χ3v) is 2.00. The number of hydrogen-bond acceptors (Lipinski definition) is 1. The van der Waals surface area contributed by atoms with Crippen LogP contribution in [0.2, 0.25) is 0 Å². The van der Waals surface area contributed by atoms with Gasteiger partial charge in [0, 0.05) is 4.90 Å². The molecule has 0 saturated carbocycles. The van der Waals surface area contributed by atoms with Gasteiger partial charge in [0.1, 0.15) is 0 Å². The van der Waals surface area contributed by atoms with Gasteiger partial charge in [0.15, 0.2) is 0 Å². The Labute approximate surface area is 73.5 Å². The second-order valence-electron chi connectivity index (χ2n) is 2.02. The van der Waals surface area contributed by atoms with Crippen LogP contribution in [0.4, 0.5) is 0 Å². The zero-order chi connectivity index (χ0) is 6.69. The van der Waals surface area contributed by atoms with Crippen LogP contribution < -0.4 is 0 Å². The molecule has 0 atom stereocenters. The molecular weight excluding hydrogens is 160 g/mol. The Bertz CT molecular complexity index is 179. The van der Waals surface area contributed by atoms with Gasteiger partial charge in [-0.05, 0) is 25.3 Å². The largest absolute Gasteiger partial charge is 0.197 e. The van der Waals surface area contributed by atoms with Gasteiger partial charge in [-0.15, -0.1) is 11.8 Å². The molecule has 56 valence electrons. The summed E-state index contributed by atoms with van der Waals surface area (Å²) in [5, 5.41) is 0. The fraction of sp³-hybridized carbons (Fsp3) is 0.250. The van der Waals surface area contributed by atoms with Gasteiger partial charge in [-0.1, -0.05) is 17.7 Å². The van der Waals surface area contributed by atoms with Gasteiger partial charge in [-0.2, -0.15) is 13.5 Å². The Kier molecular flexibility index (Phi) is 4.65. The summed E-state index contributed by atoms with van der Waals surface area (Å²) < 4.78 is 0. The SMILES string of the molecule is CSc1ccc(C)cc1.S. The molecule has 10 heavy (non-hydrogen) atoms. The predicted molar refractivity (Wildman–Crippen MR) is 53.3 cm³/mol. The van der Waals surface area contributed by atoms with Crippen molar-refractivity contribution in [1.82, 2.24) is 0 Å². The van der Waals surface area contributed by atoms with Crippen molar-refractivity contribution in [2.75, 3.05) is 6.26 Å². The Morgan fingerprint density at radius 3 is 2.00 bits per heavy atom. The lowest BCUT2D eigenvalue weighted by Crippen LogP contribution is -1.70. The summed E-state index contributed by atoms with van der Waals surface area (Å²) in [5.74, 6) is 0. The number of rotatable bonds is 1. The van der Waals surface area contributed by atoms with Gasteiger partial charge in [-0.25, -0.2) is 0 Å². The van der Waals surface area contributed by atoms with Gasteiger partial charge in [0.2, 0.25) is 0 Å². The summed E-state index contributed by atoms with van der Waals surface area (Å²) >= 11 is 1.78. The van der Waals surface area contributed by atoms with Gasteiger partial charge in [0.05, 0.1) is 0 Å². The predicted octanol–water partition coefficient (Wildman–Crippen LogP) is 2.83. The van der Waals surface area contributed by atoms with Crippen molar-refractivity contribution in [1.29, 1.82) is 0 Å². The molecule has 0 unspecified atom stereocenters. The number of thioether (sulfide) groups is 1. The molecule has 0 heterocycles. The number of benzene rings is 1. The highest BCUT2D eigenvalue weighted by Gasteiger charge is 1.85. The van der Waals surface area contributed by atoms with Gasteiger partial charge < -0.3 is 0 Å². The van der Waals surface area contributed by atoms with Gasteiger partial charge in [0.25, 0.3) is 0 Å². The highest BCUT2D eigenvalue weighted by molar-refractivity contribution is 7.98. The van der Waals surface area contributed by atoms with E-state index in [0.717, 1.165) is 0 Å². The van der Waals surface area contributed by atoms with E-state index in [1.165, 1.54) is 10.5 Å². The molecular formula is C8H12S2. The molecule has 0 aliphatic rings. The highest BCUT2D eigenvalue weighted by atomic mass is 32.2. The first-order valence-corrected chi connectivity index (χ1v) is 4.16. The van der Waals surface area contributed by atoms with Crippen molar-refractivity contribution in [3.63, 3.8) is 0 Å². The van der Waals surface area contributed by atoms with E-state index in [-0.39, 0.29) is 13.5 Å². The molecule has 1 aromatic carbocycles. The van der Waals surface area contributed by atoms with Crippen molar-refractivity contribution in [3.05, 3.63) is 29.8 Å². The fourth-order valence-corrected chi connectivity index (χ4v) is 1.08. The molecule has 0 amide bonds. The van der Waals surface area contributed by atoms with Crippen LogP contribution in [0.15, 0.2) is 29.2 Å². The maximum Gasteiger partial charge on any atom is 0.00693 e. The molecule has 0 N–H and O–H groups in total. The third-order valence-electron chi connectivity index (χ3n) is 1.26. The van der Waals surface area contributed by atoms with E-state index in [1.807, 2.05) is 0 Å². The van der Waals surface area contributed by atoms with Crippen molar-refractivity contribution >= 4 is 25.3 Å². The minimum atomic E-state index is 0. The molecule has 0 aliphatic heterocycles. The van der Waals surface area contributed by atoms with Crippen LogP contribution >= 0.6 is 25.3 Å². The molecule has 0 fully saturated rings. The molecule has 2 heteroatoms. The summed E-state index contributed by atoms with van der Waals surface area (Å²) in [6, 6.07) is 8.54. The summed E-state index contributed by atoms with van der Waals surface area (Å²) in [6.07, 6.45) is 2.09. The minimum absolute atomic E-state index is 0. The van der Waals surface area contributed by atoms with E-state index < -0.39 is 0 Å². The van der Waals surface area contributed by atoms with E-state index in [2.05, 4.69) is 37.4 Å². The van der Waals surface area contributed by atoms with E-state index >= 15 is 0 Å². The smallest absolute Gasteiger partial charge is 0.00693 e. The van der Waals surface area contributed by atoms with Crippen LogP contribution in [0.5, 0.6) is 0 Å². The van der Waals surface area contributed by atoms with Crippen LogP contribution in [0.3, 0.4) is 0 Å². The Balaban J connectivity index is 0.000000810. The molecule has 0 saturated heterocycles. The standard InChI is InChI=1S/C8H10S.H2S/c1-7-3-5-8(9-2)6-4-7;/h3-6H,1-2H3;1H2.